The largest absolute Gasteiger partial charge is 0.371 e. The molecule has 0 radical (unpaired) electrons. The predicted molar refractivity (Wildman–Crippen MR) is 53.3 cm³/mol. The van der Waals surface area contributed by atoms with E-state index in [1.807, 2.05) is 6.07 Å². The number of ether oxygens (including phenoxy) is 1. The van der Waals surface area contributed by atoms with Crippen molar-refractivity contribution in [3.63, 3.8) is 0 Å². The zero-order valence-electron chi connectivity index (χ0n) is 8.13. The molecule has 0 aliphatic carbocycles. The SMILES string of the molecule is O=CN(CC1CO1)C(=O)c1ccccc1. The Labute approximate surface area is 87.4 Å². The van der Waals surface area contributed by atoms with Crippen LogP contribution >= 0.6 is 0 Å². The van der Waals surface area contributed by atoms with E-state index in [9.17, 15) is 9.59 Å². The Balaban J connectivity index is 2.07. The fourth-order valence-corrected chi connectivity index (χ4v) is 1.31. The van der Waals surface area contributed by atoms with Crippen molar-refractivity contribution >= 4 is 12.3 Å². The molecule has 0 N–H and O–H groups in total. The number of carbonyl (C=O) groups is 2. The van der Waals surface area contributed by atoms with Gasteiger partial charge in [0.1, 0.15) is 0 Å². The topological polar surface area (TPSA) is 49.9 Å². The smallest absolute Gasteiger partial charge is 0.260 e. The lowest BCUT2D eigenvalue weighted by Gasteiger charge is -2.13. The molecule has 4 nitrogen and oxygen atoms in total. The first-order valence-corrected chi connectivity index (χ1v) is 4.74. The van der Waals surface area contributed by atoms with Gasteiger partial charge in [-0.05, 0) is 12.1 Å². The van der Waals surface area contributed by atoms with Crippen molar-refractivity contribution in [1.29, 1.82) is 0 Å². The highest BCUT2D eigenvalue weighted by Crippen LogP contribution is 2.12. The van der Waals surface area contributed by atoms with Crippen LogP contribution in [0, 0.1) is 0 Å². The van der Waals surface area contributed by atoms with Crippen LogP contribution in [0.15, 0.2) is 30.3 Å². The van der Waals surface area contributed by atoms with E-state index in [0.29, 0.717) is 25.1 Å². The van der Waals surface area contributed by atoms with E-state index in [1.54, 1.807) is 24.3 Å². The minimum Gasteiger partial charge on any atom is -0.371 e. The molecule has 0 saturated carbocycles. The van der Waals surface area contributed by atoms with Crippen LogP contribution in [0.1, 0.15) is 10.4 Å². The first kappa shape index (κ1) is 9.86. The van der Waals surface area contributed by atoms with Gasteiger partial charge in [0.25, 0.3) is 5.91 Å². The second-order valence-electron chi connectivity index (χ2n) is 3.38. The lowest BCUT2D eigenvalue weighted by atomic mass is 10.2. The van der Waals surface area contributed by atoms with E-state index in [-0.39, 0.29) is 12.0 Å². The Morgan fingerprint density at radius 1 is 1.47 bits per heavy atom. The lowest BCUT2D eigenvalue weighted by Crippen LogP contribution is -2.33. The molecule has 1 atom stereocenters. The van der Waals surface area contributed by atoms with E-state index >= 15 is 0 Å². The number of imide groups is 1. The summed E-state index contributed by atoms with van der Waals surface area (Å²) in [7, 11) is 0. The highest BCUT2D eigenvalue weighted by molar-refractivity contribution is 5.99. The number of carbonyl (C=O) groups excluding carboxylic acids is 2. The maximum Gasteiger partial charge on any atom is 0.260 e. The normalized spacial score (nSPS) is 18.3. The maximum atomic E-state index is 11.8. The molecule has 1 fully saturated rings. The first-order chi connectivity index (χ1) is 7.31. The van der Waals surface area contributed by atoms with Crippen molar-refractivity contribution in [2.24, 2.45) is 0 Å². The Hall–Kier alpha value is -1.68. The van der Waals surface area contributed by atoms with Gasteiger partial charge in [0.15, 0.2) is 0 Å². The van der Waals surface area contributed by atoms with Crippen molar-refractivity contribution in [2.75, 3.05) is 13.2 Å². The molecule has 1 aliphatic rings. The number of rotatable bonds is 4. The zero-order valence-corrected chi connectivity index (χ0v) is 8.13. The Morgan fingerprint density at radius 2 is 2.13 bits per heavy atom. The number of amides is 2. The molecule has 15 heavy (non-hydrogen) atoms. The molecule has 2 rings (SSSR count). The highest BCUT2D eigenvalue weighted by atomic mass is 16.6. The molecule has 1 unspecified atom stereocenters. The average Bonchev–Trinajstić information content (AvgIpc) is 3.10. The molecule has 1 saturated heterocycles. The summed E-state index contributed by atoms with van der Waals surface area (Å²) in [4.78, 5) is 23.7. The molecule has 2 amide bonds. The Bertz CT molecular complexity index is 359. The Morgan fingerprint density at radius 3 is 2.67 bits per heavy atom. The third kappa shape index (κ3) is 2.41. The summed E-state index contributed by atoms with van der Waals surface area (Å²) in [5.41, 5.74) is 0.519. The summed E-state index contributed by atoms with van der Waals surface area (Å²) >= 11 is 0. The van der Waals surface area contributed by atoms with Crippen LogP contribution in [0.2, 0.25) is 0 Å². The number of benzene rings is 1. The number of nitrogens with zero attached hydrogens (tertiary/aromatic N) is 1. The maximum absolute atomic E-state index is 11.8. The van der Waals surface area contributed by atoms with Gasteiger partial charge in [-0.2, -0.15) is 0 Å². The van der Waals surface area contributed by atoms with Crippen molar-refractivity contribution in [3.05, 3.63) is 35.9 Å². The summed E-state index contributed by atoms with van der Waals surface area (Å²) < 4.78 is 4.97. The first-order valence-electron chi connectivity index (χ1n) is 4.74. The van der Waals surface area contributed by atoms with Gasteiger partial charge < -0.3 is 4.74 Å². The standard InChI is InChI=1S/C11H11NO3/c13-8-12(6-10-7-15-10)11(14)9-4-2-1-3-5-9/h1-5,8,10H,6-7H2. The van der Waals surface area contributed by atoms with Gasteiger partial charge in [0, 0.05) is 5.56 Å². The van der Waals surface area contributed by atoms with E-state index in [1.165, 1.54) is 0 Å². The van der Waals surface area contributed by atoms with E-state index in [0.717, 1.165) is 4.90 Å². The molecule has 1 aromatic carbocycles. The van der Waals surface area contributed by atoms with E-state index in [4.69, 9.17) is 4.74 Å². The van der Waals surface area contributed by atoms with Gasteiger partial charge in [-0.3, -0.25) is 14.5 Å². The van der Waals surface area contributed by atoms with Crippen LogP contribution in [0.3, 0.4) is 0 Å². The van der Waals surface area contributed by atoms with Gasteiger partial charge in [-0.25, -0.2) is 0 Å². The molecule has 0 bridgehead atoms. The second kappa shape index (κ2) is 4.23. The average molecular weight is 205 g/mol. The summed E-state index contributed by atoms with van der Waals surface area (Å²) in [5.74, 6) is -0.277. The third-order valence-corrected chi connectivity index (χ3v) is 2.21. The lowest BCUT2D eigenvalue weighted by molar-refractivity contribution is -0.116. The van der Waals surface area contributed by atoms with Crippen molar-refractivity contribution < 1.29 is 14.3 Å². The van der Waals surface area contributed by atoms with Gasteiger partial charge in [0.2, 0.25) is 6.41 Å². The van der Waals surface area contributed by atoms with E-state index < -0.39 is 0 Å². The minimum absolute atomic E-state index is 0.0304. The van der Waals surface area contributed by atoms with Crippen molar-refractivity contribution in [3.8, 4) is 0 Å². The van der Waals surface area contributed by atoms with Crippen molar-refractivity contribution in [2.45, 2.75) is 6.10 Å². The second-order valence-corrected chi connectivity index (χ2v) is 3.38. The van der Waals surface area contributed by atoms with Crippen LogP contribution in [0.5, 0.6) is 0 Å². The fourth-order valence-electron chi connectivity index (χ4n) is 1.31. The van der Waals surface area contributed by atoms with Crippen LogP contribution in [-0.4, -0.2) is 36.5 Å². The van der Waals surface area contributed by atoms with Crippen molar-refractivity contribution in [1.82, 2.24) is 4.90 Å². The number of epoxide rings is 1. The van der Waals surface area contributed by atoms with Crippen LogP contribution in [0.4, 0.5) is 0 Å². The summed E-state index contributed by atoms with van der Waals surface area (Å²) in [6, 6.07) is 8.74. The molecular weight excluding hydrogens is 194 g/mol. The third-order valence-electron chi connectivity index (χ3n) is 2.21. The number of hydrogen-bond acceptors (Lipinski definition) is 3. The van der Waals surface area contributed by atoms with Gasteiger partial charge in [-0.1, -0.05) is 18.2 Å². The van der Waals surface area contributed by atoms with E-state index in [2.05, 4.69) is 0 Å². The zero-order chi connectivity index (χ0) is 10.7. The molecule has 4 heteroatoms. The molecule has 1 aromatic rings. The van der Waals surface area contributed by atoms with Crippen LogP contribution in [0.25, 0.3) is 0 Å². The van der Waals surface area contributed by atoms with Gasteiger partial charge in [0.05, 0.1) is 19.3 Å². The molecular formula is C11H11NO3. The summed E-state index contributed by atoms with van der Waals surface area (Å²) in [6.45, 7) is 0.976. The summed E-state index contributed by atoms with van der Waals surface area (Å²) in [6.07, 6.45) is 0.583. The van der Waals surface area contributed by atoms with Gasteiger partial charge >= 0.3 is 0 Å². The highest BCUT2D eigenvalue weighted by Gasteiger charge is 2.28. The van der Waals surface area contributed by atoms with Crippen LogP contribution < -0.4 is 0 Å². The Kier molecular flexibility index (Phi) is 2.78. The minimum atomic E-state index is -0.277. The quantitative estimate of drug-likeness (QED) is 0.536. The fraction of sp³-hybridized carbons (Fsp3) is 0.273. The molecule has 1 aliphatic heterocycles. The molecule has 78 valence electrons. The van der Waals surface area contributed by atoms with Crippen LogP contribution in [-0.2, 0) is 9.53 Å². The predicted octanol–water partition coefficient (Wildman–Crippen LogP) is 0.684. The summed E-state index contributed by atoms with van der Waals surface area (Å²) in [5, 5.41) is 0. The molecule has 0 spiro atoms. The van der Waals surface area contributed by atoms with Gasteiger partial charge in [-0.15, -0.1) is 0 Å². The number of hydrogen-bond donors (Lipinski definition) is 0. The molecule has 1 heterocycles. The molecule has 0 aromatic heterocycles. The monoisotopic (exact) mass is 205 g/mol.